The molecule has 1 fully saturated rings. The molecule has 3 heteroatoms. The van der Waals surface area contributed by atoms with Crippen molar-refractivity contribution < 1.29 is 4.74 Å². The van der Waals surface area contributed by atoms with Gasteiger partial charge in [0.05, 0.1) is 0 Å². The van der Waals surface area contributed by atoms with Crippen LogP contribution in [0.15, 0.2) is 22.7 Å². The number of nitrogens with one attached hydrogen (secondary N) is 1. The number of benzene rings is 1. The molecule has 1 N–H and O–H groups in total. The fraction of sp³-hybridized carbons (Fsp3) is 0.538. The molecule has 0 saturated carbocycles. The number of ether oxygens (including phenoxy) is 1. The fourth-order valence-electron chi connectivity index (χ4n) is 1.98. The highest BCUT2D eigenvalue weighted by Crippen LogP contribution is 2.24. The standard InChI is InChI=1S/C13H18BrNO/c1-10-2-3-12(14)13(8-10)15-9-11-4-6-16-7-5-11/h2-3,8,11,15H,4-7,9H2,1H3. The summed E-state index contributed by atoms with van der Waals surface area (Å²) in [6.45, 7) is 5.00. The Labute approximate surface area is 106 Å². The van der Waals surface area contributed by atoms with E-state index in [1.807, 2.05) is 0 Å². The van der Waals surface area contributed by atoms with Crippen molar-refractivity contribution in [2.75, 3.05) is 25.1 Å². The minimum absolute atomic E-state index is 0.751. The maximum absolute atomic E-state index is 5.36. The molecule has 0 bridgehead atoms. The average Bonchev–Trinajstić information content (AvgIpc) is 2.32. The number of halogens is 1. The number of aryl methyl sites for hydroxylation is 1. The molecule has 0 unspecified atom stereocenters. The molecule has 0 radical (unpaired) electrons. The van der Waals surface area contributed by atoms with Crippen molar-refractivity contribution in [1.29, 1.82) is 0 Å². The molecule has 0 spiro atoms. The first-order chi connectivity index (χ1) is 7.75. The van der Waals surface area contributed by atoms with Crippen molar-refractivity contribution >= 4 is 21.6 Å². The van der Waals surface area contributed by atoms with Crippen molar-refractivity contribution in [3.63, 3.8) is 0 Å². The van der Waals surface area contributed by atoms with E-state index in [2.05, 4.69) is 46.4 Å². The van der Waals surface area contributed by atoms with Gasteiger partial charge in [-0.2, -0.15) is 0 Å². The highest BCUT2D eigenvalue weighted by molar-refractivity contribution is 9.10. The Hall–Kier alpha value is -0.540. The van der Waals surface area contributed by atoms with Gasteiger partial charge < -0.3 is 10.1 Å². The Morgan fingerprint density at radius 3 is 2.88 bits per heavy atom. The first-order valence-corrected chi connectivity index (χ1v) is 6.63. The van der Waals surface area contributed by atoms with Crippen LogP contribution in [0.3, 0.4) is 0 Å². The molecule has 0 aromatic heterocycles. The van der Waals surface area contributed by atoms with Crippen molar-refractivity contribution in [2.24, 2.45) is 5.92 Å². The van der Waals surface area contributed by atoms with Crippen molar-refractivity contribution in [1.82, 2.24) is 0 Å². The molecule has 2 nitrogen and oxygen atoms in total. The van der Waals surface area contributed by atoms with E-state index in [9.17, 15) is 0 Å². The summed E-state index contributed by atoms with van der Waals surface area (Å²) in [4.78, 5) is 0. The predicted molar refractivity (Wildman–Crippen MR) is 70.9 cm³/mol. The van der Waals surface area contributed by atoms with Gasteiger partial charge in [-0.05, 0) is 59.3 Å². The molecule has 2 rings (SSSR count). The van der Waals surface area contributed by atoms with Gasteiger partial charge in [0.25, 0.3) is 0 Å². The summed E-state index contributed by atoms with van der Waals surface area (Å²) >= 11 is 3.57. The number of hydrogen-bond acceptors (Lipinski definition) is 2. The molecule has 16 heavy (non-hydrogen) atoms. The van der Waals surface area contributed by atoms with Crippen LogP contribution < -0.4 is 5.32 Å². The van der Waals surface area contributed by atoms with Crippen molar-refractivity contribution in [3.8, 4) is 0 Å². The van der Waals surface area contributed by atoms with Crippen LogP contribution in [0.1, 0.15) is 18.4 Å². The maximum atomic E-state index is 5.36. The molecule has 0 amide bonds. The highest BCUT2D eigenvalue weighted by atomic mass is 79.9. The Morgan fingerprint density at radius 2 is 2.12 bits per heavy atom. The number of anilines is 1. The molecular weight excluding hydrogens is 266 g/mol. The van der Waals surface area contributed by atoms with Gasteiger partial charge in [0, 0.05) is 29.9 Å². The Morgan fingerprint density at radius 1 is 1.38 bits per heavy atom. The van der Waals surface area contributed by atoms with E-state index in [0.29, 0.717) is 0 Å². The number of rotatable bonds is 3. The second-order valence-corrected chi connectivity index (χ2v) is 5.27. The molecule has 1 heterocycles. The fourth-order valence-corrected chi connectivity index (χ4v) is 2.37. The first kappa shape index (κ1) is 11.9. The summed E-state index contributed by atoms with van der Waals surface area (Å²) in [6, 6.07) is 6.40. The largest absolute Gasteiger partial charge is 0.384 e. The van der Waals surface area contributed by atoms with Gasteiger partial charge in [-0.25, -0.2) is 0 Å². The van der Waals surface area contributed by atoms with Crippen LogP contribution in [-0.2, 0) is 4.74 Å². The zero-order valence-electron chi connectivity index (χ0n) is 9.63. The van der Waals surface area contributed by atoms with Gasteiger partial charge in [0.1, 0.15) is 0 Å². The summed E-state index contributed by atoms with van der Waals surface area (Å²) in [5.74, 6) is 0.751. The summed E-state index contributed by atoms with van der Waals surface area (Å²) in [5.41, 5.74) is 2.49. The molecule has 1 aromatic carbocycles. The van der Waals surface area contributed by atoms with E-state index in [0.717, 1.165) is 30.1 Å². The molecular formula is C13H18BrNO. The smallest absolute Gasteiger partial charge is 0.0487 e. The minimum atomic E-state index is 0.751. The molecule has 1 aromatic rings. The van der Waals surface area contributed by atoms with E-state index in [1.165, 1.54) is 24.1 Å². The third kappa shape index (κ3) is 3.22. The van der Waals surface area contributed by atoms with Crippen LogP contribution in [-0.4, -0.2) is 19.8 Å². The Kier molecular flexibility index (Phi) is 4.24. The lowest BCUT2D eigenvalue weighted by Crippen LogP contribution is -2.22. The summed E-state index contributed by atoms with van der Waals surface area (Å²) < 4.78 is 6.50. The maximum Gasteiger partial charge on any atom is 0.0487 e. The summed E-state index contributed by atoms with van der Waals surface area (Å²) in [6.07, 6.45) is 2.35. The van der Waals surface area contributed by atoms with Crippen molar-refractivity contribution in [2.45, 2.75) is 19.8 Å². The van der Waals surface area contributed by atoms with Gasteiger partial charge in [0.2, 0.25) is 0 Å². The lowest BCUT2D eigenvalue weighted by molar-refractivity contribution is 0.0699. The second kappa shape index (κ2) is 5.69. The zero-order chi connectivity index (χ0) is 11.4. The van der Waals surface area contributed by atoms with E-state index >= 15 is 0 Å². The molecule has 88 valence electrons. The van der Waals surface area contributed by atoms with Crippen LogP contribution in [0.5, 0.6) is 0 Å². The van der Waals surface area contributed by atoms with Crippen LogP contribution in [0.25, 0.3) is 0 Å². The van der Waals surface area contributed by atoms with E-state index < -0.39 is 0 Å². The highest BCUT2D eigenvalue weighted by Gasteiger charge is 2.13. The van der Waals surface area contributed by atoms with Crippen LogP contribution >= 0.6 is 15.9 Å². The van der Waals surface area contributed by atoms with Gasteiger partial charge in [-0.1, -0.05) is 6.07 Å². The van der Waals surface area contributed by atoms with Crippen molar-refractivity contribution in [3.05, 3.63) is 28.2 Å². The van der Waals surface area contributed by atoms with Gasteiger partial charge in [-0.3, -0.25) is 0 Å². The SMILES string of the molecule is Cc1ccc(Br)c(NCC2CCOCC2)c1. The van der Waals surface area contributed by atoms with Crippen LogP contribution in [0.2, 0.25) is 0 Å². The van der Waals surface area contributed by atoms with E-state index in [4.69, 9.17) is 4.74 Å². The Balaban J connectivity index is 1.90. The second-order valence-electron chi connectivity index (χ2n) is 4.42. The topological polar surface area (TPSA) is 21.3 Å². The van der Waals surface area contributed by atoms with Gasteiger partial charge >= 0.3 is 0 Å². The summed E-state index contributed by atoms with van der Waals surface area (Å²) in [5, 5.41) is 3.52. The average molecular weight is 284 g/mol. The number of hydrogen-bond donors (Lipinski definition) is 1. The predicted octanol–water partition coefficient (Wildman–Crippen LogP) is 3.60. The zero-order valence-corrected chi connectivity index (χ0v) is 11.2. The molecule has 0 aliphatic carbocycles. The molecule has 1 aliphatic heterocycles. The van der Waals surface area contributed by atoms with Crippen LogP contribution in [0, 0.1) is 12.8 Å². The normalized spacial score (nSPS) is 17.4. The minimum Gasteiger partial charge on any atom is -0.384 e. The molecule has 1 aliphatic rings. The third-order valence-corrected chi connectivity index (χ3v) is 3.74. The van der Waals surface area contributed by atoms with E-state index in [-0.39, 0.29) is 0 Å². The quantitative estimate of drug-likeness (QED) is 0.915. The summed E-state index contributed by atoms with van der Waals surface area (Å²) in [7, 11) is 0. The van der Waals surface area contributed by atoms with Gasteiger partial charge in [-0.15, -0.1) is 0 Å². The van der Waals surface area contributed by atoms with Gasteiger partial charge in [0.15, 0.2) is 0 Å². The lowest BCUT2D eigenvalue weighted by Gasteiger charge is -2.23. The molecule has 0 atom stereocenters. The van der Waals surface area contributed by atoms with Crippen LogP contribution in [0.4, 0.5) is 5.69 Å². The first-order valence-electron chi connectivity index (χ1n) is 5.83. The monoisotopic (exact) mass is 283 g/mol. The van der Waals surface area contributed by atoms with E-state index in [1.54, 1.807) is 0 Å². The third-order valence-electron chi connectivity index (χ3n) is 3.04. The molecule has 1 saturated heterocycles. The lowest BCUT2D eigenvalue weighted by atomic mass is 10.0. The Bertz CT molecular complexity index is 348.